The van der Waals surface area contributed by atoms with Crippen LogP contribution in [-0.4, -0.2) is 66.2 Å². The maximum atomic E-state index is 12.2. The minimum absolute atomic E-state index is 0.398. The average molecular weight is 402 g/mol. The molecule has 0 aromatic rings. The van der Waals surface area contributed by atoms with E-state index in [9.17, 15) is 9.59 Å². The number of hydroxylamine groups is 2. The van der Waals surface area contributed by atoms with E-state index in [2.05, 4.69) is 15.3 Å². The molecule has 0 fully saturated rings. The average Bonchev–Trinajstić information content (AvgIpc) is 2.70. The van der Waals surface area contributed by atoms with E-state index in [1.807, 2.05) is 11.0 Å². The van der Waals surface area contributed by atoms with Gasteiger partial charge < -0.3 is 15.8 Å². The first kappa shape index (κ1) is 25.8. The molecule has 1 amide bonds. The third kappa shape index (κ3) is 12.2. The van der Waals surface area contributed by atoms with Crippen molar-refractivity contribution in [3.05, 3.63) is 0 Å². The van der Waals surface area contributed by atoms with Crippen LogP contribution in [-0.2, 0) is 14.3 Å². The summed E-state index contributed by atoms with van der Waals surface area (Å²) in [6, 6.07) is -1.48. The first-order valence-corrected chi connectivity index (χ1v) is 9.31. The van der Waals surface area contributed by atoms with Gasteiger partial charge in [-0.25, -0.2) is 4.79 Å². The van der Waals surface area contributed by atoms with Crippen LogP contribution in [0.5, 0.6) is 0 Å². The van der Waals surface area contributed by atoms with Gasteiger partial charge in [-0.2, -0.15) is 0 Å². The normalized spacial score (nSPS) is 14.2. The van der Waals surface area contributed by atoms with Gasteiger partial charge in [-0.1, -0.05) is 0 Å². The lowest BCUT2D eigenvalue weighted by Crippen LogP contribution is -2.48. The molecule has 0 spiro atoms. The van der Waals surface area contributed by atoms with Crippen LogP contribution in [0.3, 0.4) is 0 Å². The molecule has 0 unspecified atom stereocenters. The van der Waals surface area contributed by atoms with Gasteiger partial charge in [0.05, 0.1) is 13.2 Å². The van der Waals surface area contributed by atoms with Crippen molar-refractivity contribution in [2.24, 2.45) is 15.7 Å². The topological polar surface area (TPSA) is 171 Å². The Morgan fingerprint density at radius 3 is 1.93 bits per heavy atom. The molecule has 0 saturated carbocycles. The molecule has 0 heterocycles. The van der Waals surface area contributed by atoms with Crippen LogP contribution in [0.4, 0.5) is 0 Å². The van der Waals surface area contributed by atoms with Crippen molar-refractivity contribution in [1.82, 2.24) is 16.3 Å². The van der Waals surface area contributed by atoms with Gasteiger partial charge in [0.15, 0.2) is 0 Å². The zero-order chi connectivity index (χ0) is 21.4. The summed E-state index contributed by atoms with van der Waals surface area (Å²) in [5.74, 6) is -0.0715. The summed E-state index contributed by atoms with van der Waals surface area (Å²) in [7, 11) is 1.27. The Balaban J connectivity index is 4.31. The van der Waals surface area contributed by atoms with Crippen LogP contribution in [0.15, 0.2) is 9.98 Å². The van der Waals surface area contributed by atoms with E-state index in [0.29, 0.717) is 56.9 Å². The van der Waals surface area contributed by atoms with Crippen molar-refractivity contribution in [2.75, 3.05) is 20.2 Å². The minimum Gasteiger partial charge on any atom is -0.467 e. The van der Waals surface area contributed by atoms with E-state index in [1.54, 1.807) is 13.8 Å². The number of nitrogens with one attached hydrogen (secondary N) is 3. The molecule has 0 aliphatic carbocycles. The van der Waals surface area contributed by atoms with Crippen molar-refractivity contribution >= 4 is 23.5 Å². The molecule has 11 heteroatoms. The Hall–Kier alpha value is -2.24. The lowest BCUT2D eigenvalue weighted by Gasteiger charge is -2.19. The summed E-state index contributed by atoms with van der Waals surface area (Å²) < 4.78 is 4.75. The Bertz CT molecular complexity index is 526. The van der Waals surface area contributed by atoms with E-state index in [1.165, 1.54) is 7.11 Å². The number of esters is 1. The summed E-state index contributed by atoms with van der Waals surface area (Å²) in [6.45, 7) is 4.29. The van der Waals surface area contributed by atoms with Crippen molar-refractivity contribution < 1.29 is 24.7 Å². The maximum absolute atomic E-state index is 12.2. The third-order valence-electron chi connectivity index (χ3n) is 3.98. The van der Waals surface area contributed by atoms with E-state index in [4.69, 9.17) is 20.9 Å². The summed E-state index contributed by atoms with van der Waals surface area (Å²) in [5, 5.41) is 19.9. The summed E-state index contributed by atoms with van der Waals surface area (Å²) >= 11 is 0. The van der Waals surface area contributed by atoms with Crippen LogP contribution in [0.25, 0.3) is 0 Å². The number of nitrogens with two attached hydrogens (primary N) is 1. The molecule has 0 aliphatic rings. The second-order valence-electron chi connectivity index (χ2n) is 6.34. The highest BCUT2D eigenvalue weighted by Crippen LogP contribution is 2.06. The fraction of sp³-hybridized carbons (Fsp3) is 0.765. The number of amides is 1. The number of aliphatic imine (C=N–C) groups is 2. The maximum Gasteiger partial charge on any atom is 0.328 e. The van der Waals surface area contributed by atoms with Gasteiger partial charge in [-0.05, 0) is 52.4 Å². The van der Waals surface area contributed by atoms with Crippen LogP contribution < -0.4 is 22.0 Å². The molecule has 0 bridgehead atoms. The number of carbonyl (C=O) groups is 2. The molecule has 0 rings (SSSR count). The molecule has 0 aromatic carbocycles. The quantitative estimate of drug-likeness (QED) is 0.0828. The van der Waals surface area contributed by atoms with E-state index >= 15 is 0 Å². The highest BCUT2D eigenvalue weighted by molar-refractivity contribution is 5.87. The third-order valence-corrected chi connectivity index (χ3v) is 3.98. The van der Waals surface area contributed by atoms with E-state index in [0.717, 1.165) is 6.42 Å². The number of rotatable bonds is 13. The lowest BCUT2D eigenvalue weighted by atomic mass is 10.1. The molecule has 0 aliphatic heterocycles. The molecule has 2 atom stereocenters. The van der Waals surface area contributed by atoms with E-state index < -0.39 is 24.0 Å². The molecule has 0 radical (unpaired) electrons. The largest absolute Gasteiger partial charge is 0.467 e. The second-order valence-corrected chi connectivity index (χ2v) is 6.34. The van der Waals surface area contributed by atoms with Crippen molar-refractivity contribution in [1.29, 1.82) is 0 Å². The molecule has 0 saturated heterocycles. The lowest BCUT2D eigenvalue weighted by molar-refractivity contribution is -0.145. The summed E-state index contributed by atoms with van der Waals surface area (Å²) in [4.78, 5) is 32.2. The van der Waals surface area contributed by atoms with Crippen molar-refractivity contribution in [3.63, 3.8) is 0 Å². The Labute approximate surface area is 165 Å². The van der Waals surface area contributed by atoms with Crippen molar-refractivity contribution in [2.45, 2.75) is 64.5 Å². The smallest absolute Gasteiger partial charge is 0.328 e. The van der Waals surface area contributed by atoms with Crippen LogP contribution in [0.1, 0.15) is 52.4 Å². The van der Waals surface area contributed by atoms with Gasteiger partial charge in [0, 0.05) is 13.1 Å². The monoisotopic (exact) mass is 402 g/mol. The number of hydrogen-bond donors (Lipinski definition) is 6. The summed E-state index contributed by atoms with van der Waals surface area (Å²) in [5.41, 5.74) is 9.80. The first-order valence-electron chi connectivity index (χ1n) is 9.31. The van der Waals surface area contributed by atoms with Crippen LogP contribution >= 0.6 is 0 Å². The number of nitrogens with zero attached hydrogens (tertiary/aromatic N) is 2. The SMILES string of the molecule is COC(=O)[C@H](CCCCN=C(C)NO)NC(=O)[C@@H](N)CCCCN=C(C)NO. The van der Waals surface area contributed by atoms with Gasteiger partial charge in [0.1, 0.15) is 17.7 Å². The number of unbranched alkanes of at least 4 members (excludes halogenated alkanes) is 2. The highest BCUT2D eigenvalue weighted by atomic mass is 16.5. The Morgan fingerprint density at radius 1 is 0.964 bits per heavy atom. The van der Waals surface area contributed by atoms with Crippen LogP contribution in [0, 0.1) is 0 Å². The van der Waals surface area contributed by atoms with Gasteiger partial charge in [-0.3, -0.25) is 36.2 Å². The predicted molar refractivity (Wildman–Crippen MR) is 105 cm³/mol. The number of amidine groups is 2. The molecule has 28 heavy (non-hydrogen) atoms. The zero-order valence-electron chi connectivity index (χ0n) is 16.9. The molecule has 0 aromatic heterocycles. The Morgan fingerprint density at radius 2 is 1.46 bits per heavy atom. The molecule has 11 nitrogen and oxygen atoms in total. The Kier molecular flexibility index (Phi) is 14.5. The second kappa shape index (κ2) is 15.8. The fourth-order valence-electron chi connectivity index (χ4n) is 2.30. The van der Waals surface area contributed by atoms with Gasteiger partial charge >= 0.3 is 5.97 Å². The first-order chi connectivity index (χ1) is 13.3. The fourth-order valence-corrected chi connectivity index (χ4v) is 2.30. The summed E-state index contributed by atoms with van der Waals surface area (Å²) in [6.07, 6.45) is 3.63. The predicted octanol–water partition coefficient (Wildman–Crippen LogP) is 0.107. The number of carbonyl (C=O) groups excluding carboxylic acids is 2. The standard InChI is InChI=1S/C17H34N6O5/c1-12(22-26)19-10-6-4-8-14(18)16(24)21-15(17(25)28-3)9-5-7-11-20-13(2)23-27/h14-15,26-27H,4-11,18H2,1-3H3,(H,19,22)(H,20,23)(H,21,24)/t14-,15-/m0/s1. The zero-order valence-corrected chi connectivity index (χ0v) is 16.9. The number of ether oxygens (including phenoxy) is 1. The molecule has 7 N–H and O–H groups in total. The van der Waals surface area contributed by atoms with Crippen LogP contribution in [0.2, 0.25) is 0 Å². The van der Waals surface area contributed by atoms with Gasteiger partial charge in [0.2, 0.25) is 5.91 Å². The van der Waals surface area contributed by atoms with E-state index in [-0.39, 0.29) is 0 Å². The van der Waals surface area contributed by atoms with Gasteiger partial charge in [0.25, 0.3) is 0 Å². The molecule has 162 valence electrons. The number of hydrogen-bond acceptors (Lipinski definition) is 8. The minimum atomic E-state index is -0.757. The highest BCUT2D eigenvalue weighted by Gasteiger charge is 2.23. The molecular weight excluding hydrogens is 368 g/mol. The van der Waals surface area contributed by atoms with Crippen molar-refractivity contribution in [3.8, 4) is 0 Å². The van der Waals surface area contributed by atoms with Gasteiger partial charge in [-0.15, -0.1) is 0 Å². The molecular formula is C17H34N6O5. The number of methoxy groups -OCH3 is 1.